The zero-order valence-corrected chi connectivity index (χ0v) is 18.8. The summed E-state index contributed by atoms with van der Waals surface area (Å²) < 4.78 is 13.0. The maximum Gasteiger partial charge on any atom is 0.227 e. The Hall–Kier alpha value is -3.26. The van der Waals surface area contributed by atoms with Gasteiger partial charge in [0.05, 0.1) is 14.2 Å². The Morgan fingerprint density at radius 1 is 1.09 bits per heavy atom. The second kappa shape index (κ2) is 8.70. The van der Waals surface area contributed by atoms with Crippen LogP contribution in [0.2, 0.25) is 0 Å². The molecule has 1 unspecified atom stereocenters. The number of rotatable bonds is 6. The lowest BCUT2D eigenvalue weighted by Gasteiger charge is -2.32. The van der Waals surface area contributed by atoms with Gasteiger partial charge in [0.25, 0.3) is 0 Å². The Labute approximate surface area is 190 Å². The van der Waals surface area contributed by atoms with E-state index in [2.05, 4.69) is 17.4 Å². The largest absolute Gasteiger partial charge is 0.493 e. The molecule has 2 aliphatic rings. The van der Waals surface area contributed by atoms with Crippen molar-refractivity contribution in [2.24, 2.45) is 0 Å². The molecule has 1 aliphatic carbocycles. The Morgan fingerprint density at radius 3 is 2.72 bits per heavy atom. The number of carbonyl (C=O) groups is 1. The van der Waals surface area contributed by atoms with E-state index in [0.29, 0.717) is 29.0 Å². The predicted octanol–water partition coefficient (Wildman–Crippen LogP) is 4.61. The molecule has 2 aromatic carbocycles. The number of allylic oxidation sites excluding steroid dienone is 2. The average molecular weight is 449 g/mol. The fourth-order valence-electron chi connectivity index (χ4n) is 4.33. The molecule has 1 aliphatic heterocycles. The normalized spacial score (nSPS) is 17.4. The first-order valence-corrected chi connectivity index (χ1v) is 11.6. The number of nitrogens with one attached hydrogen (secondary N) is 1. The number of aromatic nitrogens is 3. The van der Waals surface area contributed by atoms with Crippen molar-refractivity contribution < 1.29 is 14.3 Å². The summed E-state index contributed by atoms with van der Waals surface area (Å²) in [5.74, 6) is 2.77. The van der Waals surface area contributed by atoms with Crippen molar-refractivity contribution in [1.29, 1.82) is 0 Å². The summed E-state index contributed by atoms with van der Waals surface area (Å²) in [4.78, 5) is 17.8. The minimum Gasteiger partial charge on any atom is -0.493 e. The molecule has 7 nitrogen and oxygen atoms in total. The van der Waals surface area contributed by atoms with Gasteiger partial charge in [0.1, 0.15) is 6.04 Å². The Morgan fingerprint density at radius 2 is 1.94 bits per heavy atom. The molecular formula is C24H24N4O3S. The molecule has 0 amide bonds. The summed E-state index contributed by atoms with van der Waals surface area (Å²) in [5, 5.41) is 8.84. The van der Waals surface area contributed by atoms with Crippen molar-refractivity contribution in [3.05, 3.63) is 70.9 Å². The highest BCUT2D eigenvalue weighted by molar-refractivity contribution is 7.98. The molecule has 0 bridgehead atoms. The minimum absolute atomic E-state index is 0.133. The summed E-state index contributed by atoms with van der Waals surface area (Å²) in [7, 11) is 3.23. The van der Waals surface area contributed by atoms with E-state index in [4.69, 9.17) is 19.6 Å². The summed E-state index contributed by atoms with van der Waals surface area (Å²) in [5.41, 5.74) is 3.70. The number of Topliss-reactive ketones (excluding diaryl/α,β-unsaturated/α-hetero) is 1. The van der Waals surface area contributed by atoms with E-state index >= 15 is 0 Å². The highest BCUT2D eigenvalue weighted by atomic mass is 32.2. The first-order chi connectivity index (χ1) is 15.7. The molecule has 0 fully saturated rings. The van der Waals surface area contributed by atoms with Crippen molar-refractivity contribution in [3.63, 3.8) is 0 Å². The average Bonchev–Trinajstić information content (AvgIpc) is 3.24. The quantitative estimate of drug-likeness (QED) is 0.552. The maximum absolute atomic E-state index is 13.1. The van der Waals surface area contributed by atoms with Gasteiger partial charge in [-0.05, 0) is 24.5 Å². The van der Waals surface area contributed by atoms with Crippen LogP contribution in [0, 0.1) is 0 Å². The van der Waals surface area contributed by atoms with Gasteiger partial charge in [0.2, 0.25) is 11.1 Å². The molecule has 0 saturated carbocycles. The first kappa shape index (κ1) is 20.6. The van der Waals surface area contributed by atoms with Crippen molar-refractivity contribution >= 4 is 23.5 Å². The van der Waals surface area contributed by atoms with Crippen LogP contribution in [0.25, 0.3) is 0 Å². The number of nitrogens with zero attached hydrogens (tertiary/aromatic N) is 3. The molecule has 1 atom stereocenters. The number of hydrogen-bond donors (Lipinski definition) is 1. The number of anilines is 1. The van der Waals surface area contributed by atoms with Crippen molar-refractivity contribution in [1.82, 2.24) is 14.8 Å². The van der Waals surface area contributed by atoms with Gasteiger partial charge in [0.15, 0.2) is 17.3 Å². The predicted molar refractivity (Wildman–Crippen MR) is 123 cm³/mol. The van der Waals surface area contributed by atoms with Crippen molar-refractivity contribution in [2.75, 3.05) is 19.5 Å². The number of methoxy groups -OCH3 is 2. The third-order valence-corrected chi connectivity index (χ3v) is 6.70. The molecule has 2 heterocycles. The minimum atomic E-state index is -0.419. The van der Waals surface area contributed by atoms with Crippen molar-refractivity contribution in [3.8, 4) is 11.5 Å². The lowest BCUT2D eigenvalue weighted by molar-refractivity contribution is -0.116. The topological polar surface area (TPSA) is 78.3 Å². The van der Waals surface area contributed by atoms with Crippen LogP contribution < -0.4 is 14.8 Å². The number of benzene rings is 2. The van der Waals surface area contributed by atoms with E-state index in [1.807, 2.05) is 41.1 Å². The number of para-hydroxylation sites is 1. The first-order valence-electron chi connectivity index (χ1n) is 10.6. The van der Waals surface area contributed by atoms with E-state index in [1.165, 1.54) is 5.56 Å². The van der Waals surface area contributed by atoms with E-state index in [1.54, 1.807) is 26.0 Å². The summed E-state index contributed by atoms with van der Waals surface area (Å²) in [6, 6.07) is 15.5. The van der Waals surface area contributed by atoms with Crippen molar-refractivity contribution in [2.45, 2.75) is 36.2 Å². The number of ether oxygens (including phenoxy) is 2. The molecule has 3 aromatic rings. The van der Waals surface area contributed by atoms with E-state index in [0.717, 1.165) is 35.4 Å². The zero-order chi connectivity index (χ0) is 22.1. The maximum atomic E-state index is 13.1. The smallest absolute Gasteiger partial charge is 0.227 e. The number of fused-ring (bicyclic) bond motifs is 1. The second-order valence-corrected chi connectivity index (χ2v) is 8.66. The Bertz CT molecular complexity index is 1190. The number of ketones is 1. The molecule has 32 heavy (non-hydrogen) atoms. The zero-order valence-electron chi connectivity index (χ0n) is 18.0. The molecule has 1 aromatic heterocycles. The lowest BCUT2D eigenvalue weighted by atomic mass is 9.85. The highest BCUT2D eigenvalue weighted by Crippen LogP contribution is 2.45. The van der Waals surface area contributed by atoms with Crippen LogP contribution in [0.15, 0.2) is 65.0 Å². The molecular weight excluding hydrogens is 424 g/mol. The molecule has 0 spiro atoms. The molecule has 1 N–H and O–H groups in total. The summed E-state index contributed by atoms with van der Waals surface area (Å²) >= 11 is 1.57. The van der Waals surface area contributed by atoms with Gasteiger partial charge in [0, 0.05) is 29.0 Å². The van der Waals surface area contributed by atoms with E-state index in [-0.39, 0.29) is 5.78 Å². The fourth-order valence-corrected chi connectivity index (χ4v) is 5.12. The van der Waals surface area contributed by atoms with Gasteiger partial charge in [-0.1, -0.05) is 54.2 Å². The highest BCUT2D eigenvalue weighted by Gasteiger charge is 2.38. The molecule has 0 radical (unpaired) electrons. The Kier molecular flexibility index (Phi) is 5.61. The van der Waals surface area contributed by atoms with Crippen LogP contribution >= 0.6 is 11.8 Å². The SMILES string of the molecule is COc1cccc(C2C3=C(CCCC3=O)Nc3nc(SCc4ccccc4)nn32)c1OC. The second-order valence-electron chi connectivity index (χ2n) is 7.72. The van der Waals surface area contributed by atoms with Gasteiger partial charge in [-0.25, -0.2) is 4.68 Å². The van der Waals surface area contributed by atoms with Gasteiger partial charge >= 0.3 is 0 Å². The number of hydrogen-bond acceptors (Lipinski definition) is 7. The van der Waals surface area contributed by atoms with Gasteiger partial charge in [-0.2, -0.15) is 4.98 Å². The lowest BCUT2D eigenvalue weighted by Crippen LogP contribution is -2.31. The monoisotopic (exact) mass is 448 g/mol. The third-order valence-electron chi connectivity index (χ3n) is 5.79. The molecule has 8 heteroatoms. The van der Waals surface area contributed by atoms with E-state index in [9.17, 15) is 4.79 Å². The van der Waals surface area contributed by atoms with Gasteiger partial charge in [-0.3, -0.25) is 4.79 Å². The third kappa shape index (κ3) is 3.64. The van der Waals surface area contributed by atoms with Crippen LogP contribution in [-0.2, 0) is 10.5 Å². The van der Waals surface area contributed by atoms with Crippen LogP contribution in [0.4, 0.5) is 5.95 Å². The van der Waals surface area contributed by atoms with Crippen LogP contribution in [-0.4, -0.2) is 34.8 Å². The van der Waals surface area contributed by atoms with Crippen LogP contribution in [0.5, 0.6) is 11.5 Å². The van der Waals surface area contributed by atoms with Gasteiger partial charge in [-0.15, -0.1) is 5.10 Å². The summed E-state index contributed by atoms with van der Waals surface area (Å²) in [6.45, 7) is 0. The number of carbonyl (C=O) groups excluding carboxylic acids is 1. The molecule has 5 rings (SSSR count). The number of thioether (sulfide) groups is 1. The Balaban J connectivity index is 1.58. The summed E-state index contributed by atoms with van der Waals surface area (Å²) in [6.07, 6.45) is 2.17. The fraction of sp³-hybridized carbons (Fsp3) is 0.292. The van der Waals surface area contributed by atoms with Crippen LogP contribution in [0.1, 0.15) is 36.4 Å². The standard InChI is InChI=1S/C24H24N4O3S/c1-30-19-13-6-10-16(22(19)31-2)21-20-17(11-7-12-18(20)29)25-23-26-24(27-28(21)23)32-14-15-8-4-3-5-9-15/h3-6,8-10,13,21H,7,11-12,14H2,1-2H3,(H,25,26,27). The molecule has 0 saturated heterocycles. The van der Waals surface area contributed by atoms with E-state index < -0.39 is 6.04 Å². The van der Waals surface area contributed by atoms with Gasteiger partial charge < -0.3 is 14.8 Å². The van der Waals surface area contributed by atoms with Crippen LogP contribution in [0.3, 0.4) is 0 Å². The molecule has 164 valence electrons.